The van der Waals surface area contributed by atoms with Gasteiger partial charge >= 0.3 is 6.03 Å². The Morgan fingerprint density at radius 1 is 0.754 bits per heavy atom. The van der Waals surface area contributed by atoms with Crippen LogP contribution in [0.1, 0.15) is 96.2 Å². The first-order chi connectivity index (χ1) is 31.5. The number of amides is 5. The number of Topliss-reactive ketones (excluding diaryl/α,β-unsaturated/α-hetero) is 1. The Morgan fingerprint density at radius 2 is 1.45 bits per heavy atom. The number of nitrogens with zero attached hydrogens (tertiary/aromatic N) is 10. The van der Waals surface area contributed by atoms with E-state index in [0.717, 1.165) is 94.7 Å². The largest absolute Gasteiger partial charge is 0.368 e. The second-order valence-corrected chi connectivity index (χ2v) is 18.4. The number of anilines is 4. The maximum atomic E-state index is 13.7. The van der Waals surface area contributed by atoms with Crippen molar-refractivity contribution in [1.29, 1.82) is 0 Å². The normalized spacial score (nSPS) is 21.4. The van der Waals surface area contributed by atoms with Gasteiger partial charge in [-0.2, -0.15) is 4.98 Å². The minimum Gasteiger partial charge on any atom is -0.368 e. The summed E-state index contributed by atoms with van der Waals surface area (Å²) in [6.07, 6.45) is 9.86. The van der Waals surface area contributed by atoms with Gasteiger partial charge in [-0.25, -0.2) is 14.8 Å². The van der Waals surface area contributed by atoms with E-state index in [0.29, 0.717) is 79.1 Å². The Bertz CT molecular complexity index is 2600. The van der Waals surface area contributed by atoms with Crippen LogP contribution in [0.3, 0.4) is 0 Å². The number of carbonyl (C=O) groups excluding carboxylic acids is 5. The van der Waals surface area contributed by atoms with Crippen LogP contribution in [-0.4, -0.2) is 146 Å². The zero-order valence-corrected chi connectivity index (χ0v) is 37.1. The number of ketones is 1. The molecule has 1 aromatic carbocycles. The van der Waals surface area contributed by atoms with Gasteiger partial charge in [0.25, 0.3) is 11.5 Å². The van der Waals surface area contributed by atoms with E-state index < -0.39 is 11.9 Å². The number of benzene rings is 1. The van der Waals surface area contributed by atoms with Crippen LogP contribution in [-0.2, 0) is 16.1 Å². The van der Waals surface area contributed by atoms with E-state index in [2.05, 4.69) is 36.4 Å². The van der Waals surface area contributed by atoms with Gasteiger partial charge in [0.05, 0.1) is 17.4 Å². The lowest BCUT2D eigenvalue weighted by atomic mass is 10.0. The topological polar surface area (TPSA) is 190 Å². The van der Waals surface area contributed by atoms with Gasteiger partial charge < -0.3 is 29.8 Å². The average molecular weight is 885 g/mol. The molecule has 5 fully saturated rings. The van der Waals surface area contributed by atoms with Crippen molar-refractivity contribution >= 4 is 63.7 Å². The Kier molecular flexibility index (Phi) is 11.5. The third kappa shape index (κ3) is 8.16. The molecule has 4 saturated heterocycles. The molecule has 10 rings (SSSR count). The number of imide groups is 1. The lowest BCUT2D eigenvalue weighted by Crippen LogP contribution is -2.57. The van der Waals surface area contributed by atoms with Crippen LogP contribution in [0.15, 0.2) is 47.5 Å². The van der Waals surface area contributed by atoms with E-state index in [9.17, 15) is 28.8 Å². The molecule has 4 aromatic rings. The first kappa shape index (κ1) is 42.5. The molecule has 0 radical (unpaired) electrons. The second-order valence-electron chi connectivity index (χ2n) is 18.4. The van der Waals surface area contributed by atoms with Crippen LogP contribution in [0, 0.1) is 6.92 Å². The maximum absolute atomic E-state index is 13.7. The van der Waals surface area contributed by atoms with E-state index in [1.54, 1.807) is 22.6 Å². The summed E-state index contributed by atoms with van der Waals surface area (Å²) in [7, 11) is 0. The molecule has 1 aliphatic carbocycles. The predicted molar refractivity (Wildman–Crippen MR) is 244 cm³/mol. The number of hydrogen-bond donors (Lipinski definition) is 2. The molecule has 1 atom stereocenters. The molecule has 5 aliphatic heterocycles. The first-order valence-electron chi connectivity index (χ1n) is 23.2. The number of piperidine rings is 2. The molecule has 2 N–H and O–H groups in total. The molecule has 0 bridgehead atoms. The van der Waals surface area contributed by atoms with Gasteiger partial charge in [0.15, 0.2) is 5.78 Å². The maximum Gasteiger partial charge on any atom is 0.320 e. The number of aryl methyl sites for hydroxylation is 1. The van der Waals surface area contributed by atoms with Crippen LogP contribution < -0.4 is 26.0 Å². The van der Waals surface area contributed by atoms with Gasteiger partial charge in [0.1, 0.15) is 17.5 Å². The fourth-order valence-corrected chi connectivity index (χ4v) is 11.0. The smallest absolute Gasteiger partial charge is 0.320 e. The molecular formula is C47H56N12O6. The standard InChI is InChI=1S/C47H56N12O6/c1-29-37-27-49-46(52-42(37)59(33-5-3-4-6-33)45(64)41(29)30(2)60)50-39-11-8-35(26-48-39)55-19-17-53(18-20-55)32-13-15-56(16-14-32)47(65)57-23-21-54(22-24-57)34-7-9-36-31(25-34)28-58(44(36)63)38-10-12-40(61)51-43(38)62/h7-9,11,25-27,32-33,38H,3-6,10,12-24,28H2,1-2H3,(H,51,61,62)(H,48,49,50,52). The summed E-state index contributed by atoms with van der Waals surface area (Å²) in [4.78, 5) is 104. The van der Waals surface area contributed by atoms with Crippen LogP contribution in [0.2, 0.25) is 0 Å². The highest BCUT2D eigenvalue weighted by Crippen LogP contribution is 2.34. The monoisotopic (exact) mass is 884 g/mol. The number of fused-ring (bicyclic) bond motifs is 2. The molecule has 6 aliphatic rings. The number of urea groups is 1. The number of nitrogens with one attached hydrogen (secondary N) is 2. The number of piperazine rings is 2. The van der Waals surface area contributed by atoms with Gasteiger partial charge in [0.2, 0.25) is 17.8 Å². The summed E-state index contributed by atoms with van der Waals surface area (Å²) in [6, 6.07) is 9.70. The highest BCUT2D eigenvalue weighted by Gasteiger charge is 2.40. The summed E-state index contributed by atoms with van der Waals surface area (Å²) in [6.45, 7) is 11.3. The van der Waals surface area contributed by atoms with Crippen molar-refractivity contribution in [2.75, 3.05) is 80.6 Å². The van der Waals surface area contributed by atoms with Gasteiger partial charge in [-0.1, -0.05) is 12.8 Å². The number of hydrogen-bond acceptors (Lipinski definition) is 13. The van der Waals surface area contributed by atoms with Gasteiger partial charge in [-0.3, -0.25) is 38.8 Å². The molecule has 1 unspecified atom stereocenters. The highest BCUT2D eigenvalue weighted by molar-refractivity contribution is 6.05. The van der Waals surface area contributed by atoms with E-state index in [4.69, 9.17) is 9.97 Å². The van der Waals surface area contributed by atoms with Gasteiger partial charge in [-0.15, -0.1) is 0 Å². The quantitative estimate of drug-likeness (QED) is 0.192. The molecule has 5 amide bonds. The molecule has 1 saturated carbocycles. The third-order valence-electron chi connectivity index (χ3n) is 14.6. The van der Waals surface area contributed by atoms with Crippen LogP contribution in [0.4, 0.5) is 27.9 Å². The molecule has 65 heavy (non-hydrogen) atoms. The van der Waals surface area contributed by atoms with Crippen molar-refractivity contribution in [1.82, 2.24) is 44.4 Å². The summed E-state index contributed by atoms with van der Waals surface area (Å²) in [5.74, 6) is -0.188. The summed E-state index contributed by atoms with van der Waals surface area (Å²) in [5, 5.41) is 6.30. The second kappa shape index (κ2) is 17.5. The van der Waals surface area contributed by atoms with Crippen molar-refractivity contribution in [3.8, 4) is 0 Å². The molecule has 0 spiro atoms. The number of rotatable bonds is 8. The molecule has 340 valence electrons. The first-order valence-corrected chi connectivity index (χ1v) is 23.2. The van der Waals surface area contributed by atoms with E-state index >= 15 is 0 Å². The molecule has 18 nitrogen and oxygen atoms in total. The van der Waals surface area contributed by atoms with Crippen molar-refractivity contribution in [2.45, 2.75) is 89.9 Å². The number of carbonyl (C=O) groups is 5. The van der Waals surface area contributed by atoms with Gasteiger partial charge in [-0.05, 0) is 87.4 Å². The predicted octanol–water partition coefficient (Wildman–Crippen LogP) is 3.85. The summed E-state index contributed by atoms with van der Waals surface area (Å²) < 4.78 is 1.72. The summed E-state index contributed by atoms with van der Waals surface area (Å²) in [5.41, 5.74) is 4.62. The number of pyridine rings is 2. The zero-order chi connectivity index (χ0) is 44.9. The van der Waals surface area contributed by atoms with Crippen molar-refractivity contribution < 1.29 is 24.0 Å². The van der Waals surface area contributed by atoms with Gasteiger partial charge in [0, 0.05) is 113 Å². The average Bonchev–Trinajstić information content (AvgIpc) is 3.97. The fourth-order valence-electron chi connectivity index (χ4n) is 11.0. The molecule has 3 aromatic heterocycles. The van der Waals surface area contributed by atoms with E-state index in [-0.39, 0.29) is 47.2 Å². The third-order valence-corrected chi connectivity index (χ3v) is 14.6. The fraction of sp³-hybridized carbons (Fsp3) is 0.511. The Morgan fingerprint density at radius 3 is 2.14 bits per heavy atom. The van der Waals surface area contributed by atoms with E-state index in [1.807, 2.05) is 40.3 Å². The number of likely N-dealkylation sites (tertiary alicyclic amines) is 1. The zero-order valence-electron chi connectivity index (χ0n) is 37.1. The SMILES string of the molecule is CC(=O)c1c(C)c2cnc(Nc3ccc(N4CCN(C5CCN(C(=O)N6CCN(c7ccc8c(c7)CN(C7CCC(=O)NC7=O)C8=O)CC6)CC5)CC4)cn3)nc2n(C2CCCC2)c1=O. The van der Waals surface area contributed by atoms with Crippen LogP contribution in [0.5, 0.6) is 0 Å². The van der Waals surface area contributed by atoms with E-state index in [1.165, 1.54) is 6.92 Å². The van der Waals surface area contributed by atoms with Crippen molar-refractivity contribution in [3.63, 3.8) is 0 Å². The molecule has 8 heterocycles. The Hall–Kier alpha value is -6.43. The Labute approximate surface area is 376 Å². The van der Waals surface area contributed by atoms with Crippen LogP contribution in [0.25, 0.3) is 11.0 Å². The molecular weight excluding hydrogens is 829 g/mol. The summed E-state index contributed by atoms with van der Waals surface area (Å²) >= 11 is 0. The highest BCUT2D eigenvalue weighted by atomic mass is 16.2. The molecule has 18 heteroatoms. The minimum absolute atomic E-state index is 0.00592. The van der Waals surface area contributed by atoms with Crippen molar-refractivity contribution in [3.05, 3.63) is 75.3 Å². The lowest BCUT2D eigenvalue weighted by molar-refractivity contribution is -0.136. The Balaban J connectivity index is 0.684. The van der Waals surface area contributed by atoms with Crippen molar-refractivity contribution in [2.24, 2.45) is 0 Å². The minimum atomic E-state index is -0.638. The number of aromatic nitrogens is 4. The lowest BCUT2D eigenvalue weighted by Gasteiger charge is -2.44. The van der Waals surface area contributed by atoms with Crippen LogP contribution >= 0.6 is 0 Å².